The maximum absolute atomic E-state index is 5.74. The Labute approximate surface area is 108 Å². The van der Waals surface area contributed by atoms with Crippen molar-refractivity contribution in [3.05, 3.63) is 42.2 Å². The Balaban J connectivity index is 2.35. The minimum Gasteiger partial charge on any atom is -0.396 e. The Kier molecular flexibility index (Phi) is 3.55. The van der Waals surface area contributed by atoms with Crippen LogP contribution >= 0.6 is 0 Å². The molecule has 0 bridgehead atoms. The number of hydrogen-bond acceptors (Lipinski definition) is 3. The van der Waals surface area contributed by atoms with Crippen molar-refractivity contribution in [2.45, 2.75) is 19.4 Å². The first kappa shape index (κ1) is 12.5. The summed E-state index contributed by atoms with van der Waals surface area (Å²) >= 11 is 0. The van der Waals surface area contributed by atoms with Crippen molar-refractivity contribution in [2.24, 2.45) is 0 Å². The lowest BCUT2D eigenvalue weighted by Gasteiger charge is -2.19. The fraction of sp³-hybridized carbons (Fsp3) is 0.357. The first-order chi connectivity index (χ1) is 8.61. The maximum Gasteiger partial charge on any atom is 0.0767 e. The number of nitrogens with two attached hydrogens (primary N) is 1. The van der Waals surface area contributed by atoms with Gasteiger partial charge in [0, 0.05) is 26.0 Å². The lowest BCUT2D eigenvalue weighted by molar-refractivity contribution is 0.509. The van der Waals surface area contributed by atoms with Crippen LogP contribution in [0.15, 0.2) is 36.7 Å². The van der Waals surface area contributed by atoms with Crippen LogP contribution < -0.4 is 10.6 Å². The molecule has 4 heteroatoms. The van der Waals surface area contributed by atoms with E-state index in [4.69, 9.17) is 5.73 Å². The Morgan fingerprint density at radius 1 is 1.39 bits per heavy atom. The molecule has 2 aromatic rings. The molecule has 0 amide bonds. The molecule has 2 N–H and O–H groups in total. The minimum atomic E-state index is 0.238. The van der Waals surface area contributed by atoms with E-state index in [0.717, 1.165) is 6.42 Å². The molecule has 0 aliphatic rings. The summed E-state index contributed by atoms with van der Waals surface area (Å²) in [6.07, 6.45) is 4.56. The van der Waals surface area contributed by atoms with E-state index in [2.05, 4.69) is 41.2 Å². The van der Waals surface area contributed by atoms with Gasteiger partial charge in [0.25, 0.3) is 0 Å². The van der Waals surface area contributed by atoms with Gasteiger partial charge in [-0.05, 0) is 24.1 Å². The molecule has 18 heavy (non-hydrogen) atoms. The van der Waals surface area contributed by atoms with Gasteiger partial charge >= 0.3 is 0 Å². The van der Waals surface area contributed by atoms with Crippen LogP contribution in [0.5, 0.6) is 0 Å². The third-order valence-electron chi connectivity index (χ3n) is 3.10. The van der Waals surface area contributed by atoms with Crippen molar-refractivity contribution in [2.75, 3.05) is 24.7 Å². The summed E-state index contributed by atoms with van der Waals surface area (Å²) in [6, 6.07) is 8.76. The summed E-state index contributed by atoms with van der Waals surface area (Å²) < 4.78 is 1.93. The minimum absolute atomic E-state index is 0.238. The van der Waals surface area contributed by atoms with Crippen LogP contribution in [0.3, 0.4) is 0 Å². The van der Waals surface area contributed by atoms with E-state index in [9.17, 15) is 0 Å². The molecule has 0 saturated heterocycles. The number of benzene rings is 1. The predicted molar refractivity (Wildman–Crippen MR) is 75.8 cm³/mol. The standard InChI is InChI=1S/C14H20N4/c1-4-14(18-10-12(15)9-16-18)11-6-5-7-13(8-11)17(2)3/h5-10,14H,4,15H2,1-3H3. The largest absolute Gasteiger partial charge is 0.396 e. The van der Waals surface area contributed by atoms with Crippen LogP contribution in [0.4, 0.5) is 11.4 Å². The quantitative estimate of drug-likeness (QED) is 0.899. The number of nitrogens with zero attached hydrogens (tertiary/aromatic N) is 3. The van der Waals surface area contributed by atoms with E-state index in [1.807, 2.05) is 25.0 Å². The van der Waals surface area contributed by atoms with E-state index in [0.29, 0.717) is 5.69 Å². The van der Waals surface area contributed by atoms with Gasteiger partial charge in [-0.15, -0.1) is 0 Å². The summed E-state index contributed by atoms with van der Waals surface area (Å²) in [5.41, 5.74) is 8.90. The second-order valence-corrected chi connectivity index (χ2v) is 4.67. The van der Waals surface area contributed by atoms with Gasteiger partial charge in [-0.1, -0.05) is 19.1 Å². The first-order valence-corrected chi connectivity index (χ1v) is 6.18. The molecule has 1 heterocycles. The SMILES string of the molecule is CCC(c1cccc(N(C)C)c1)n1cc(N)cn1. The molecule has 0 aliphatic heterocycles. The van der Waals surface area contributed by atoms with E-state index >= 15 is 0 Å². The van der Waals surface area contributed by atoms with Crippen LogP contribution in [0.2, 0.25) is 0 Å². The Morgan fingerprint density at radius 3 is 2.72 bits per heavy atom. The highest BCUT2D eigenvalue weighted by Gasteiger charge is 2.13. The maximum atomic E-state index is 5.74. The lowest BCUT2D eigenvalue weighted by atomic mass is 10.0. The molecule has 1 aromatic carbocycles. The van der Waals surface area contributed by atoms with Crippen molar-refractivity contribution < 1.29 is 0 Å². The summed E-state index contributed by atoms with van der Waals surface area (Å²) in [7, 11) is 4.10. The summed E-state index contributed by atoms with van der Waals surface area (Å²) in [4.78, 5) is 2.10. The Morgan fingerprint density at radius 2 is 2.17 bits per heavy atom. The van der Waals surface area contributed by atoms with Crippen LogP contribution in [0.25, 0.3) is 0 Å². The van der Waals surface area contributed by atoms with Gasteiger partial charge < -0.3 is 10.6 Å². The Hall–Kier alpha value is -1.97. The summed E-state index contributed by atoms with van der Waals surface area (Å²) in [5.74, 6) is 0. The van der Waals surface area contributed by atoms with E-state index in [1.54, 1.807) is 6.20 Å². The van der Waals surface area contributed by atoms with Crippen LogP contribution in [-0.4, -0.2) is 23.9 Å². The smallest absolute Gasteiger partial charge is 0.0767 e. The number of aromatic nitrogens is 2. The molecule has 96 valence electrons. The zero-order valence-electron chi connectivity index (χ0n) is 11.2. The van der Waals surface area contributed by atoms with Crippen LogP contribution in [-0.2, 0) is 0 Å². The highest BCUT2D eigenvalue weighted by molar-refractivity contribution is 5.48. The molecule has 4 nitrogen and oxygen atoms in total. The predicted octanol–water partition coefficient (Wildman–Crippen LogP) is 2.53. The lowest BCUT2D eigenvalue weighted by Crippen LogP contribution is -2.13. The molecule has 0 fully saturated rings. The highest BCUT2D eigenvalue weighted by Crippen LogP contribution is 2.25. The monoisotopic (exact) mass is 244 g/mol. The van der Waals surface area contributed by atoms with E-state index in [1.165, 1.54) is 11.3 Å². The van der Waals surface area contributed by atoms with Gasteiger partial charge in [0.15, 0.2) is 0 Å². The fourth-order valence-electron chi connectivity index (χ4n) is 2.11. The van der Waals surface area contributed by atoms with Gasteiger partial charge in [-0.2, -0.15) is 5.10 Å². The molecule has 1 aromatic heterocycles. The average molecular weight is 244 g/mol. The van der Waals surface area contributed by atoms with Gasteiger partial charge in [0.05, 0.1) is 17.9 Å². The van der Waals surface area contributed by atoms with Gasteiger partial charge in [0.1, 0.15) is 0 Å². The third-order valence-corrected chi connectivity index (χ3v) is 3.10. The zero-order valence-corrected chi connectivity index (χ0v) is 11.2. The Bertz CT molecular complexity index is 516. The molecule has 2 rings (SSSR count). The van der Waals surface area contributed by atoms with E-state index in [-0.39, 0.29) is 6.04 Å². The molecule has 0 aliphatic carbocycles. The fourth-order valence-corrected chi connectivity index (χ4v) is 2.11. The molecular formula is C14H20N4. The topological polar surface area (TPSA) is 47.1 Å². The zero-order chi connectivity index (χ0) is 13.1. The number of hydrogen-bond donors (Lipinski definition) is 1. The first-order valence-electron chi connectivity index (χ1n) is 6.18. The molecule has 1 unspecified atom stereocenters. The highest BCUT2D eigenvalue weighted by atomic mass is 15.3. The van der Waals surface area contributed by atoms with Crippen molar-refractivity contribution in [3.8, 4) is 0 Å². The average Bonchev–Trinajstić information content (AvgIpc) is 2.77. The second kappa shape index (κ2) is 5.12. The third kappa shape index (κ3) is 2.47. The summed E-state index contributed by atoms with van der Waals surface area (Å²) in [5, 5.41) is 4.32. The molecule has 0 radical (unpaired) electrons. The van der Waals surface area contributed by atoms with Crippen molar-refractivity contribution in [1.29, 1.82) is 0 Å². The molecule has 0 saturated carbocycles. The number of anilines is 2. The summed E-state index contributed by atoms with van der Waals surface area (Å²) in [6.45, 7) is 2.16. The van der Waals surface area contributed by atoms with Crippen molar-refractivity contribution >= 4 is 11.4 Å². The molecular weight excluding hydrogens is 224 g/mol. The normalized spacial score (nSPS) is 12.4. The number of nitrogen functional groups attached to an aromatic ring is 1. The van der Waals surface area contributed by atoms with Gasteiger partial charge in [-0.3, -0.25) is 4.68 Å². The van der Waals surface area contributed by atoms with Crippen LogP contribution in [0.1, 0.15) is 24.9 Å². The van der Waals surface area contributed by atoms with Crippen molar-refractivity contribution in [1.82, 2.24) is 9.78 Å². The van der Waals surface area contributed by atoms with Crippen molar-refractivity contribution in [3.63, 3.8) is 0 Å². The number of rotatable bonds is 4. The second-order valence-electron chi connectivity index (χ2n) is 4.67. The molecule has 1 atom stereocenters. The van der Waals surface area contributed by atoms with Crippen LogP contribution in [0, 0.1) is 0 Å². The molecule has 0 spiro atoms. The van der Waals surface area contributed by atoms with Gasteiger partial charge in [-0.25, -0.2) is 0 Å². The van der Waals surface area contributed by atoms with Gasteiger partial charge in [0.2, 0.25) is 0 Å². The van der Waals surface area contributed by atoms with E-state index < -0.39 is 0 Å².